The van der Waals surface area contributed by atoms with E-state index in [0.717, 1.165) is 77.3 Å². The van der Waals surface area contributed by atoms with E-state index >= 15 is 0 Å². The Hall–Kier alpha value is -7.60. The second-order valence-electron chi connectivity index (χ2n) is 17.6. The third-order valence-corrected chi connectivity index (χ3v) is 17.9. The molecule has 1 aliphatic heterocycles. The molecule has 0 spiro atoms. The van der Waals surface area contributed by atoms with Crippen LogP contribution in [0, 0.1) is 12.1 Å². The summed E-state index contributed by atoms with van der Waals surface area (Å²) in [5, 5.41) is 11.1. The number of anilines is 3. The maximum atomic E-state index is 5.20. The molecule has 0 amide bonds. The number of nitrogens with zero attached hydrogens (tertiary/aromatic N) is 4. The standard InChI is InChI=1S/C62H46N4OSi.Pt/c1-44(2)65-58-35-17-18-36-59(58)66(67-65)48-25-19-30-51(42-48)68(49-26-11-5-12-27-49,50-28-13-6-14-29-50)52-37-38-56-55-31-15-16-34-57(55)64(60(56)43-52)61-41-47(39-40-63-61)62-53(45-21-7-3-8-22-45)32-20-33-54(62)46-23-9-4-10-24-46;/h3-41,44H,1-2H3;/q-2;/p+1. The fraction of sp³-hybridized carbons (Fsp3) is 0.0484. The van der Waals surface area contributed by atoms with Gasteiger partial charge in [0.25, 0.3) is 0 Å². The zero-order valence-corrected chi connectivity index (χ0v) is 41.4. The molecular weight excluding hydrogens is 1040 g/mol. The average Bonchev–Trinajstić information content (AvgIpc) is 3.97. The van der Waals surface area contributed by atoms with Crippen molar-refractivity contribution in [3.8, 4) is 39.2 Å². The molecule has 12 rings (SSSR count). The van der Waals surface area contributed by atoms with Gasteiger partial charge in [0.2, 0.25) is 0 Å². The van der Waals surface area contributed by atoms with Crippen molar-refractivity contribution >= 4 is 67.7 Å². The third-order valence-electron chi connectivity index (χ3n) is 13.3. The first-order valence-corrected chi connectivity index (χ1v) is 25.3. The minimum atomic E-state index is -3.18. The largest absolute Gasteiger partial charge is 0.319 e. The number of para-hydroxylation sites is 3. The predicted octanol–water partition coefficient (Wildman–Crippen LogP) is 12.4. The fourth-order valence-corrected chi connectivity index (χ4v) is 14.9. The van der Waals surface area contributed by atoms with E-state index in [1.807, 2.05) is 6.20 Å². The number of rotatable bonds is 10. The topological polar surface area (TPSA) is 37.1 Å². The molecule has 11 aromatic rings. The number of pyridine rings is 1. The number of fused-ring (bicyclic) bond motifs is 4. The summed E-state index contributed by atoms with van der Waals surface area (Å²) in [6.45, 7) is 4.35. The molecule has 0 fully saturated rings. The van der Waals surface area contributed by atoms with Crippen LogP contribution in [0.1, 0.15) is 13.8 Å². The minimum absolute atomic E-state index is 0. The van der Waals surface area contributed by atoms with Gasteiger partial charge in [-0.1, -0.05) is 175 Å². The van der Waals surface area contributed by atoms with Crippen molar-refractivity contribution in [2.45, 2.75) is 19.9 Å². The van der Waals surface area contributed by atoms with Crippen LogP contribution >= 0.6 is 0 Å². The van der Waals surface area contributed by atoms with E-state index < -0.39 is 8.07 Å². The summed E-state index contributed by atoms with van der Waals surface area (Å²) >= 11 is 0. The summed E-state index contributed by atoms with van der Waals surface area (Å²) in [6, 6.07) is 91.2. The Kier molecular flexibility index (Phi) is 11.8. The molecule has 7 heteroatoms. The summed E-state index contributed by atoms with van der Waals surface area (Å²) in [4.78, 5) is 10.4. The Morgan fingerprint density at radius 1 is 0.493 bits per heavy atom. The molecule has 2 aromatic heterocycles. The maximum Gasteiger partial charge on any atom is 0.145 e. The number of aromatic nitrogens is 2. The molecule has 1 N–H and O–H groups in total. The van der Waals surface area contributed by atoms with Crippen molar-refractivity contribution in [3.05, 3.63) is 249 Å². The first-order chi connectivity index (χ1) is 33.6. The Labute approximate surface area is 418 Å². The van der Waals surface area contributed by atoms with Crippen molar-refractivity contribution in [1.82, 2.24) is 9.55 Å². The monoisotopic (exact) mass is 1090 g/mol. The second-order valence-corrected chi connectivity index (χ2v) is 21.3. The van der Waals surface area contributed by atoms with E-state index in [1.54, 1.807) is 0 Å². The van der Waals surface area contributed by atoms with Gasteiger partial charge < -0.3 is 4.57 Å². The van der Waals surface area contributed by atoms with E-state index in [0.29, 0.717) is 0 Å². The van der Waals surface area contributed by atoms with E-state index in [2.05, 4.69) is 271 Å². The molecule has 0 bridgehead atoms. The molecule has 336 valence electrons. The molecular formula is C62H47N4OPtSi-. The summed E-state index contributed by atoms with van der Waals surface area (Å²) in [5.41, 5.74) is 12.0. The minimum Gasteiger partial charge on any atom is -0.319 e. The third kappa shape index (κ3) is 7.53. The number of hydroxylamine groups is 1. The molecule has 0 atom stereocenters. The number of benzene rings is 9. The average molecular weight is 1090 g/mol. The second kappa shape index (κ2) is 18.5. The molecule has 69 heavy (non-hydrogen) atoms. The molecule has 0 aliphatic carbocycles. The molecule has 0 saturated heterocycles. The molecule has 0 unspecified atom stereocenters. The van der Waals surface area contributed by atoms with Crippen LogP contribution in [0.4, 0.5) is 17.1 Å². The number of hydrogen-bond acceptors (Lipinski definition) is 3. The van der Waals surface area contributed by atoms with Gasteiger partial charge in [-0.25, -0.2) is 4.98 Å². The zero-order chi connectivity index (χ0) is 45.6. The first kappa shape index (κ1) is 43.9. The van der Waals surface area contributed by atoms with Crippen LogP contribution in [-0.2, 0) is 21.1 Å². The Balaban J connectivity index is 0.00000520. The van der Waals surface area contributed by atoms with Gasteiger partial charge in [-0.15, -0.1) is 21.6 Å². The van der Waals surface area contributed by atoms with Crippen LogP contribution < -0.4 is 30.9 Å². The maximum absolute atomic E-state index is 5.20. The summed E-state index contributed by atoms with van der Waals surface area (Å²) < 4.78 is 2.32. The normalized spacial score (nSPS) is 12.4. The van der Waals surface area contributed by atoms with Crippen LogP contribution in [0.5, 0.6) is 0 Å². The van der Waals surface area contributed by atoms with Gasteiger partial charge >= 0.3 is 0 Å². The predicted molar refractivity (Wildman–Crippen MR) is 284 cm³/mol. The van der Waals surface area contributed by atoms with Crippen LogP contribution in [0.15, 0.2) is 237 Å². The van der Waals surface area contributed by atoms with Crippen molar-refractivity contribution in [2.24, 2.45) is 0 Å². The van der Waals surface area contributed by atoms with Gasteiger partial charge in [0.05, 0.1) is 6.04 Å². The molecule has 0 saturated carbocycles. The van der Waals surface area contributed by atoms with Crippen LogP contribution in [0.3, 0.4) is 0 Å². The van der Waals surface area contributed by atoms with Gasteiger partial charge in [-0.2, -0.15) is 51.7 Å². The Morgan fingerprint density at radius 3 is 1.71 bits per heavy atom. The fourth-order valence-electron chi connectivity index (χ4n) is 10.3. The van der Waals surface area contributed by atoms with Crippen LogP contribution in [0.2, 0.25) is 0 Å². The van der Waals surface area contributed by atoms with Crippen molar-refractivity contribution in [1.29, 1.82) is 0 Å². The smallest absolute Gasteiger partial charge is 0.145 e. The molecule has 9 aromatic carbocycles. The molecule has 5 nitrogen and oxygen atoms in total. The van der Waals surface area contributed by atoms with Gasteiger partial charge in [-0.05, 0) is 93.3 Å². The van der Waals surface area contributed by atoms with Crippen molar-refractivity contribution < 1.29 is 26.0 Å². The quantitative estimate of drug-likeness (QED) is 0.0593. The summed E-state index contributed by atoms with van der Waals surface area (Å²) in [7, 11) is -3.18. The van der Waals surface area contributed by atoms with E-state index in [9.17, 15) is 0 Å². The van der Waals surface area contributed by atoms with E-state index in [4.69, 9.17) is 9.92 Å². The van der Waals surface area contributed by atoms with Gasteiger partial charge in [0, 0.05) is 38.5 Å². The SMILES string of the molecule is CC(C)N1[OH+]N(c2[c-]c([Si](c3[c-]c4c(cc3)c3ccccc3n4-c3cc(-c4c(-c5ccccc5)cccc4-c4ccccc4)ccn3)(c3ccccc3)c3ccccc3)ccc2)c2ccccc21.[Pt]. The Morgan fingerprint density at radius 2 is 1.06 bits per heavy atom. The molecule has 0 radical (unpaired) electrons. The molecule has 3 heterocycles. The summed E-state index contributed by atoms with van der Waals surface area (Å²) in [5.74, 6) is 0.827. The Bertz CT molecular complexity index is 3500. The summed E-state index contributed by atoms with van der Waals surface area (Å²) in [6.07, 6.45) is 1.96. The van der Waals surface area contributed by atoms with E-state index in [1.165, 1.54) is 21.5 Å². The molecule has 1 aliphatic rings. The van der Waals surface area contributed by atoms with E-state index in [-0.39, 0.29) is 27.1 Å². The van der Waals surface area contributed by atoms with Crippen molar-refractivity contribution in [3.63, 3.8) is 0 Å². The zero-order valence-electron chi connectivity index (χ0n) is 38.1. The number of hydrogen-bond donors (Lipinski definition) is 0. The van der Waals surface area contributed by atoms with Crippen LogP contribution in [-0.4, -0.2) is 28.6 Å². The van der Waals surface area contributed by atoms with Gasteiger partial charge in [0.15, 0.2) is 0 Å². The van der Waals surface area contributed by atoms with Crippen molar-refractivity contribution in [2.75, 3.05) is 10.1 Å². The van der Waals surface area contributed by atoms with Gasteiger partial charge in [-0.3, -0.25) is 0 Å². The van der Waals surface area contributed by atoms with Crippen LogP contribution in [0.25, 0.3) is 61.0 Å². The van der Waals surface area contributed by atoms with Gasteiger partial charge in [0.1, 0.15) is 25.3 Å². The first-order valence-electron chi connectivity index (χ1n) is 23.3.